The van der Waals surface area contributed by atoms with Crippen molar-refractivity contribution in [1.82, 2.24) is 9.29 Å². The fraction of sp³-hybridized carbons (Fsp3) is 0.273. The van der Waals surface area contributed by atoms with Crippen LogP contribution in [0.15, 0.2) is 58.8 Å². The van der Waals surface area contributed by atoms with Gasteiger partial charge in [-0.25, -0.2) is 13.4 Å². The van der Waals surface area contributed by atoms with Gasteiger partial charge >= 0.3 is 0 Å². The molecule has 33 heavy (non-hydrogen) atoms. The molecule has 11 heteroatoms. The largest absolute Gasteiger partial charge is 0.485 e. The van der Waals surface area contributed by atoms with E-state index in [-0.39, 0.29) is 17.4 Å². The first-order chi connectivity index (χ1) is 16.0. The molecule has 3 heterocycles. The Morgan fingerprint density at radius 3 is 2.55 bits per heavy atom. The summed E-state index contributed by atoms with van der Waals surface area (Å²) < 4.78 is 43.5. The van der Waals surface area contributed by atoms with E-state index in [2.05, 4.69) is 10.3 Å². The molecule has 1 saturated heterocycles. The number of ether oxygens (including phenoxy) is 3. The lowest BCUT2D eigenvalue weighted by molar-refractivity contribution is -0.125. The Bertz CT molecular complexity index is 1250. The molecule has 3 aromatic rings. The summed E-state index contributed by atoms with van der Waals surface area (Å²) in [6.45, 7) is 1.60. The molecule has 1 fully saturated rings. The van der Waals surface area contributed by atoms with Crippen molar-refractivity contribution in [1.29, 1.82) is 0 Å². The van der Waals surface area contributed by atoms with E-state index in [1.165, 1.54) is 15.6 Å². The number of rotatable bonds is 5. The number of amides is 1. The fourth-order valence-corrected chi connectivity index (χ4v) is 5.66. The molecule has 1 N–H and O–H groups in total. The lowest BCUT2D eigenvalue weighted by atomic mass is 10.2. The summed E-state index contributed by atoms with van der Waals surface area (Å²) in [6, 6.07) is 13.8. The van der Waals surface area contributed by atoms with Gasteiger partial charge in [0, 0.05) is 24.0 Å². The predicted molar refractivity (Wildman–Crippen MR) is 122 cm³/mol. The Balaban J connectivity index is 1.25. The molecule has 1 amide bonds. The van der Waals surface area contributed by atoms with Crippen molar-refractivity contribution in [2.24, 2.45) is 0 Å². The molecule has 0 aliphatic carbocycles. The number of hydrogen-bond acceptors (Lipinski definition) is 8. The zero-order chi connectivity index (χ0) is 22.8. The second-order valence-corrected chi connectivity index (χ2v) is 10.2. The van der Waals surface area contributed by atoms with Crippen LogP contribution in [-0.2, 0) is 19.6 Å². The second kappa shape index (κ2) is 9.10. The second-order valence-electron chi connectivity index (χ2n) is 7.43. The number of sulfonamides is 1. The Labute approximate surface area is 195 Å². The number of aromatic nitrogens is 1. The molecule has 2 aliphatic rings. The number of nitrogens with one attached hydrogen (secondary N) is 1. The van der Waals surface area contributed by atoms with Crippen molar-refractivity contribution >= 4 is 32.4 Å². The van der Waals surface area contributed by atoms with Crippen molar-refractivity contribution in [2.45, 2.75) is 11.0 Å². The highest BCUT2D eigenvalue weighted by Gasteiger charge is 2.28. The van der Waals surface area contributed by atoms with Gasteiger partial charge in [0.2, 0.25) is 16.1 Å². The van der Waals surface area contributed by atoms with Crippen LogP contribution in [0.25, 0.3) is 11.3 Å². The van der Waals surface area contributed by atoms with Crippen LogP contribution in [0, 0.1) is 0 Å². The van der Waals surface area contributed by atoms with Crippen LogP contribution < -0.4 is 14.8 Å². The van der Waals surface area contributed by atoms with Gasteiger partial charge < -0.3 is 14.2 Å². The van der Waals surface area contributed by atoms with Gasteiger partial charge in [-0.2, -0.15) is 4.31 Å². The van der Waals surface area contributed by atoms with Crippen LogP contribution in [0.1, 0.15) is 0 Å². The van der Waals surface area contributed by atoms with E-state index < -0.39 is 16.1 Å². The van der Waals surface area contributed by atoms with E-state index in [0.717, 1.165) is 5.56 Å². The molecule has 1 aromatic heterocycles. The quantitative estimate of drug-likeness (QED) is 0.590. The van der Waals surface area contributed by atoms with E-state index in [1.807, 2.05) is 12.1 Å². The monoisotopic (exact) mass is 487 g/mol. The summed E-state index contributed by atoms with van der Waals surface area (Å²) in [7, 11) is -3.55. The molecule has 5 rings (SSSR count). The highest BCUT2D eigenvalue weighted by Crippen LogP contribution is 2.32. The van der Waals surface area contributed by atoms with Crippen LogP contribution in [0.5, 0.6) is 11.5 Å². The molecule has 0 bridgehead atoms. The lowest BCUT2D eigenvalue weighted by Gasteiger charge is -2.26. The van der Waals surface area contributed by atoms with Gasteiger partial charge in [-0.15, -0.1) is 11.3 Å². The zero-order valence-corrected chi connectivity index (χ0v) is 19.1. The lowest BCUT2D eigenvalue weighted by Crippen LogP contribution is -2.40. The number of morpholine rings is 1. The molecule has 172 valence electrons. The number of anilines is 1. The fourth-order valence-electron chi connectivity index (χ4n) is 3.53. The van der Waals surface area contributed by atoms with Crippen LogP contribution in [0.3, 0.4) is 0 Å². The number of thiazole rings is 1. The van der Waals surface area contributed by atoms with E-state index in [4.69, 9.17) is 14.2 Å². The van der Waals surface area contributed by atoms with E-state index in [0.29, 0.717) is 48.6 Å². The van der Waals surface area contributed by atoms with Crippen LogP contribution in [0.4, 0.5) is 5.13 Å². The highest BCUT2D eigenvalue weighted by molar-refractivity contribution is 7.89. The van der Waals surface area contributed by atoms with Crippen molar-refractivity contribution in [3.05, 3.63) is 53.9 Å². The van der Waals surface area contributed by atoms with E-state index >= 15 is 0 Å². The van der Waals surface area contributed by atoms with Gasteiger partial charge in [0.25, 0.3) is 5.91 Å². The smallest absolute Gasteiger partial charge is 0.270 e. The number of benzene rings is 2. The zero-order valence-electron chi connectivity index (χ0n) is 17.5. The molecular weight excluding hydrogens is 466 g/mol. The van der Waals surface area contributed by atoms with Gasteiger partial charge in [-0.05, 0) is 24.3 Å². The Morgan fingerprint density at radius 1 is 1.06 bits per heavy atom. The maximum Gasteiger partial charge on any atom is 0.270 e. The third-order valence-electron chi connectivity index (χ3n) is 5.29. The first kappa shape index (κ1) is 21.8. The number of para-hydroxylation sites is 2. The molecule has 2 aromatic carbocycles. The SMILES string of the molecule is O=C(Nc1nc(-c2ccc(S(=O)(=O)N3CCOCC3)cc2)cs1)[C@H]1COc2ccccc2O1. The van der Waals surface area contributed by atoms with Crippen molar-refractivity contribution in [2.75, 3.05) is 38.2 Å². The number of fused-ring (bicyclic) bond motifs is 1. The molecular formula is C22H21N3O6S2. The molecule has 2 aliphatic heterocycles. The molecule has 1 atom stereocenters. The number of hydrogen-bond donors (Lipinski definition) is 1. The maximum atomic E-state index is 12.8. The van der Waals surface area contributed by atoms with Gasteiger partial charge in [0.1, 0.15) is 6.61 Å². The summed E-state index contributed by atoms with van der Waals surface area (Å²) in [5, 5.41) is 4.98. The highest BCUT2D eigenvalue weighted by atomic mass is 32.2. The molecule has 0 spiro atoms. The van der Waals surface area contributed by atoms with E-state index in [1.54, 1.807) is 41.8 Å². The Morgan fingerprint density at radius 2 is 1.79 bits per heavy atom. The topological polar surface area (TPSA) is 107 Å². The molecule has 9 nitrogen and oxygen atoms in total. The summed E-state index contributed by atoms with van der Waals surface area (Å²) in [4.78, 5) is 17.3. The summed E-state index contributed by atoms with van der Waals surface area (Å²) in [6.07, 6.45) is -0.781. The number of nitrogens with zero attached hydrogens (tertiary/aromatic N) is 2. The normalized spacial score (nSPS) is 18.6. The maximum absolute atomic E-state index is 12.8. The van der Waals surface area contributed by atoms with Gasteiger partial charge in [-0.1, -0.05) is 24.3 Å². The number of carbonyl (C=O) groups is 1. The van der Waals surface area contributed by atoms with Gasteiger partial charge in [-0.3, -0.25) is 10.1 Å². The Hall–Kier alpha value is -2.99. The van der Waals surface area contributed by atoms with E-state index in [9.17, 15) is 13.2 Å². The summed E-state index contributed by atoms with van der Waals surface area (Å²) >= 11 is 1.27. The minimum Gasteiger partial charge on any atom is -0.485 e. The standard InChI is InChI=1S/C22H21N3O6S2/c26-21(20-13-30-18-3-1-2-4-19(18)31-20)24-22-23-17(14-32-22)15-5-7-16(8-6-15)33(27,28)25-9-11-29-12-10-25/h1-8,14,20H,9-13H2,(H,23,24,26)/t20-/m1/s1. The molecule has 0 radical (unpaired) electrons. The first-order valence-electron chi connectivity index (χ1n) is 10.3. The van der Waals surface area contributed by atoms with Crippen LogP contribution in [0.2, 0.25) is 0 Å². The van der Waals surface area contributed by atoms with Crippen LogP contribution in [-0.4, -0.2) is 62.6 Å². The Kier molecular flexibility index (Phi) is 6.02. The van der Waals surface area contributed by atoms with Gasteiger partial charge in [0.15, 0.2) is 16.6 Å². The third kappa shape index (κ3) is 4.58. The summed E-state index contributed by atoms with van der Waals surface area (Å²) in [5.74, 6) is 0.783. The van der Waals surface area contributed by atoms with Crippen molar-refractivity contribution in [3.8, 4) is 22.8 Å². The van der Waals surface area contributed by atoms with Crippen molar-refractivity contribution in [3.63, 3.8) is 0 Å². The van der Waals surface area contributed by atoms with Crippen molar-refractivity contribution < 1.29 is 27.4 Å². The molecule has 0 unspecified atom stereocenters. The predicted octanol–water partition coefficient (Wildman–Crippen LogP) is 2.61. The number of carbonyl (C=O) groups excluding carboxylic acids is 1. The first-order valence-corrected chi connectivity index (χ1v) is 12.7. The minimum atomic E-state index is -3.55. The average molecular weight is 488 g/mol. The minimum absolute atomic E-state index is 0.111. The average Bonchev–Trinajstić information content (AvgIpc) is 3.33. The van der Waals surface area contributed by atoms with Gasteiger partial charge in [0.05, 0.1) is 23.8 Å². The third-order valence-corrected chi connectivity index (χ3v) is 7.96. The molecule has 0 saturated carbocycles. The summed E-state index contributed by atoms with van der Waals surface area (Å²) in [5.41, 5.74) is 1.38. The van der Waals surface area contributed by atoms with Crippen LogP contribution >= 0.6 is 11.3 Å².